The lowest BCUT2D eigenvalue weighted by Crippen LogP contribution is -2.41. The molecule has 1 atom stereocenters. The smallest absolute Gasteiger partial charge is 0.227 e. The van der Waals surface area contributed by atoms with Crippen LogP contribution in [0.3, 0.4) is 0 Å². The molecule has 0 spiro atoms. The molecule has 0 saturated carbocycles. The van der Waals surface area contributed by atoms with Crippen LogP contribution in [0.2, 0.25) is 0 Å². The highest BCUT2D eigenvalue weighted by atomic mass is 35.5. The minimum atomic E-state index is -0.232. The third-order valence-electron chi connectivity index (χ3n) is 3.48. The van der Waals surface area contributed by atoms with Crippen molar-refractivity contribution in [2.24, 2.45) is 5.41 Å². The molecule has 110 valence electrons. The van der Waals surface area contributed by atoms with Crippen LogP contribution >= 0.6 is 24.8 Å². The number of imidazole rings is 1. The molecule has 2 heterocycles. The maximum Gasteiger partial charge on any atom is 0.227 e. The summed E-state index contributed by atoms with van der Waals surface area (Å²) in [6.45, 7) is 7.13. The van der Waals surface area contributed by atoms with E-state index in [1.165, 1.54) is 0 Å². The minimum Gasteiger partial charge on any atom is -0.354 e. The standard InChI is InChI=1S/C12H20N4O.2ClH/c1-10-14-5-7-16(10)8-6-15-11(17)12(2)3-4-13-9-12;;/h5,7,13H,3-4,6,8-9H2,1-2H3,(H,15,17);2*1H. The second-order valence-corrected chi connectivity index (χ2v) is 4.91. The molecule has 1 aliphatic rings. The van der Waals surface area contributed by atoms with E-state index in [4.69, 9.17) is 0 Å². The van der Waals surface area contributed by atoms with Crippen molar-refractivity contribution in [1.29, 1.82) is 0 Å². The van der Waals surface area contributed by atoms with Crippen LogP contribution in [0.4, 0.5) is 0 Å². The SMILES string of the molecule is Cc1nccn1CCNC(=O)C1(C)CCNC1.Cl.Cl. The fraction of sp³-hybridized carbons (Fsp3) is 0.667. The zero-order chi connectivity index (χ0) is 12.3. The number of aryl methyl sites for hydroxylation is 1. The number of hydrogen-bond donors (Lipinski definition) is 2. The maximum atomic E-state index is 12.0. The first-order chi connectivity index (χ1) is 8.12. The molecule has 1 saturated heterocycles. The molecule has 1 aliphatic heterocycles. The van der Waals surface area contributed by atoms with E-state index < -0.39 is 0 Å². The van der Waals surface area contributed by atoms with Gasteiger partial charge in [0.25, 0.3) is 0 Å². The summed E-state index contributed by atoms with van der Waals surface area (Å²) >= 11 is 0. The molecule has 1 unspecified atom stereocenters. The highest BCUT2D eigenvalue weighted by molar-refractivity contribution is 5.85. The highest BCUT2D eigenvalue weighted by Gasteiger charge is 2.35. The van der Waals surface area contributed by atoms with Crippen LogP contribution in [0, 0.1) is 12.3 Å². The molecule has 0 bridgehead atoms. The zero-order valence-corrected chi connectivity index (χ0v) is 12.9. The predicted octanol–water partition coefficient (Wildman–Crippen LogP) is 1.15. The van der Waals surface area contributed by atoms with E-state index in [0.717, 1.165) is 31.9 Å². The maximum absolute atomic E-state index is 12.0. The van der Waals surface area contributed by atoms with E-state index in [1.54, 1.807) is 6.20 Å². The van der Waals surface area contributed by atoms with Crippen molar-refractivity contribution in [1.82, 2.24) is 20.2 Å². The van der Waals surface area contributed by atoms with Crippen molar-refractivity contribution in [2.75, 3.05) is 19.6 Å². The van der Waals surface area contributed by atoms with Crippen molar-refractivity contribution < 1.29 is 4.79 Å². The molecule has 2 N–H and O–H groups in total. The summed E-state index contributed by atoms with van der Waals surface area (Å²) in [5.74, 6) is 1.13. The highest BCUT2D eigenvalue weighted by Crippen LogP contribution is 2.24. The first kappa shape index (κ1) is 18.2. The molecule has 19 heavy (non-hydrogen) atoms. The van der Waals surface area contributed by atoms with Crippen LogP contribution < -0.4 is 10.6 Å². The zero-order valence-electron chi connectivity index (χ0n) is 11.3. The molecular formula is C12H22Cl2N4O. The Morgan fingerprint density at radius 1 is 1.58 bits per heavy atom. The lowest BCUT2D eigenvalue weighted by molar-refractivity contribution is -0.129. The number of hydrogen-bond acceptors (Lipinski definition) is 3. The van der Waals surface area contributed by atoms with Gasteiger partial charge in [-0.2, -0.15) is 0 Å². The van der Waals surface area contributed by atoms with Gasteiger partial charge in [-0.25, -0.2) is 4.98 Å². The number of carbonyl (C=O) groups is 1. The van der Waals surface area contributed by atoms with Crippen LogP contribution in [0.5, 0.6) is 0 Å². The first-order valence-electron chi connectivity index (χ1n) is 6.09. The van der Waals surface area contributed by atoms with Gasteiger partial charge in [0.15, 0.2) is 0 Å². The van der Waals surface area contributed by atoms with Crippen molar-refractivity contribution in [3.63, 3.8) is 0 Å². The average molecular weight is 309 g/mol. The van der Waals surface area contributed by atoms with Crippen molar-refractivity contribution >= 4 is 30.7 Å². The van der Waals surface area contributed by atoms with Crippen molar-refractivity contribution in [3.05, 3.63) is 18.2 Å². The molecule has 1 fully saturated rings. The van der Waals surface area contributed by atoms with E-state index >= 15 is 0 Å². The molecule has 1 aromatic heterocycles. The Balaban J connectivity index is 0.00000162. The number of carbonyl (C=O) groups excluding carboxylic acids is 1. The number of rotatable bonds is 4. The average Bonchev–Trinajstić information content (AvgIpc) is 2.89. The number of nitrogens with one attached hydrogen (secondary N) is 2. The van der Waals surface area contributed by atoms with Crippen molar-refractivity contribution in [3.8, 4) is 0 Å². The van der Waals surface area contributed by atoms with Crippen LogP contribution in [0.25, 0.3) is 0 Å². The summed E-state index contributed by atoms with van der Waals surface area (Å²) in [5.41, 5.74) is -0.232. The Morgan fingerprint density at radius 2 is 2.32 bits per heavy atom. The molecular weight excluding hydrogens is 287 g/mol. The molecule has 5 nitrogen and oxygen atoms in total. The molecule has 0 aliphatic carbocycles. The van der Waals surface area contributed by atoms with Crippen LogP contribution in [-0.2, 0) is 11.3 Å². The monoisotopic (exact) mass is 308 g/mol. The molecule has 2 rings (SSSR count). The van der Waals surface area contributed by atoms with E-state index in [2.05, 4.69) is 15.6 Å². The molecule has 1 aromatic rings. The number of aromatic nitrogens is 2. The fourth-order valence-corrected chi connectivity index (χ4v) is 2.15. The molecule has 0 radical (unpaired) electrons. The van der Waals surface area contributed by atoms with Gasteiger partial charge in [-0.1, -0.05) is 0 Å². The van der Waals surface area contributed by atoms with Gasteiger partial charge in [-0.15, -0.1) is 24.8 Å². The second-order valence-electron chi connectivity index (χ2n) is 4.91. The Kier molecular flexibility index (Phi) is 7.41. The Hall–Kier alpha value is -0.780. The van der Waals surface area contributed by atoms with Crippen LogP contribution in [0.1, 0.15) is 19.2 Å². The van der Waals surface area contributed by atoms with Gasteiger partial charge in [-0.3, -0.25) is 4.79 Å². The minimum absolute atomic E-state index is 0. The van der Waals surface area contributed by atoms with Gasteiger partial charge in [0.1, 0.15) is 5.82 Å². The van der Waals surface area contributed by atoms with Gasteiger partial charge in [0.2, 0.25) is 5.91 Å². The lowest BCUT2D eigenvalue weighted by Gasteiger charge is -2.21. The topological polar surface area (TPSA) is 59.0 Å². The van der Waals surface area contributed by atoms with Crippen LogP contribution in [-0.4, -0.2) is 35.1 Å². The quantitative estimate of drug-likeness (QED) is 0.877. The third-order valence-corrected chi connectivity index (χ3v) is 3.48. The van der Waals surface area contributed by atoms with Gasteiger partial charge in [-0.05, 0) is 26.8 Å². The largest absolute Gasteiger partial charge is 0.354 e. The second kappa shape index (κ2) is 7.72. The van der Waals surface area contributed by atoms with Crippen LogP contribution in [0.15, 0.2) is 12.4 Å². The van der Waals surface area contributed by atoms with Gasteiger partial charge >= 0.3 is 0 Å². The Labute approximate surface area is 126 Å². The van der Waals surface area contributed by atoms with E-state index in [-0.39, 0.29) is 36.1 Å². The summed E-state index contributed by atoms with van der Waals surface area (Å²) in [7, 11) is 0. The van der Waals surface area contributed by atoms with Gasteiger partial charge < -0.3 is 15.2 Å². The van der Waals surface area contributed by atoms with E-state index in [9.17, 15) is 4.79 Å². The molecule has 0 aromatic carbocycles. The van der Waals surface area contributed by atoms with E-state index in [1.807, 2.05) is 24.6 Å². The number of amides is 1. The summed E-state index contributed by atoms with van der Waals surface area (Å²) in [6, 6.07) is 0. The molecule has 7 heteroatoms. The summed E-state index contributed by atoms with van der Waals surface area (Å²) in [4.78, 5) is 16.2. The van der Waals surface area contributed by atoms with Gasteiger partial charge in [0, 0.05) is 32.0 Å². The third kappa shape index (κ3) is 4.37. The predicted molar refractivity (Wildman–Crippen MR) is 80.1 cm³/mol. The Morgan fingerprint density at radius 3 is 2.84 bits per heavy atom. The summed E-state index contributed by atoms with van der Waals surface area (Å²) < 4.78 is 2.04. The summed E-state index contributed by atoms with van der Waals surface area (Å²) in [6.07, 6.45) is 4.63. The van der Waals surface area contributed by atoms with Crippen molar-refractivity contribution in [2.45, 2.75) is 26.8 Å². The number of halogens is 2. The Bertz CT molecular complexity index is 402. The lowest BCUT2D eigenvalue weighted by atomic mass is 9.89. The van der Waals surface area contributed by atoms with E-state index in [0.29, 0.717) is 6.54 Å². The number of nitrogens with zero attached hydrogens (tertiary/aromatic N) is 2. The van der Waals surface area contributed by atoms with Gasteiger partial charge in [0.05, 0.1) is 5.41 Å². The first-order valence-corrected chi connectivity index (χ1v) is 6.09. The molecule has 1 amide bonds. The normalized spacial score (nSPS) is 21.4. The fourth-order valence-electron chi connectivity index (χ4n) is 2.15. The summed E-state index contributed by atoms with van der Waals surface area (Å²) in [5, 5.41) is 6.23.